The summed E-state index contributed by atoms with van der Waals surface area (Å²) in [5, 5.41) is 0. The van der Waals surface area contributed by atoms with E-state index < -0.39 is 0 Å². The SMILES string of the molecule is CCCCCCCCOC(=O)C(CCC)=C(CC)CC. The molecule has 0 aliphatic heterocycles. The van der Waals surface area contributed by atoms with Crippen LogP contribution in [0.5, 0.6) is 0 Å². The van der Waals surface area contributed by atoms with Crippen molar-refractivity contribution in [2.75, 3.05) is 6.61 Å². The maximum atomic E-state index is 12.1. The molecule has 0 rings (SSSR count). The van der Waals surface area contributed by atoms with Gasteiger partial charge in [-0.15, -0.1) is 0 Å². The molecule has 0 heterocycles. The molecule has 0 spiro atoms. The van der Waals surface area contributed by atoms with Crippen LogP contribution >= 0.6 is 0 Å². The second-order valence-corrected chi connectivity index (χ2v) is 5.44. The first-order valence-corrected chi connectivity index (χ1v) is 8.59. The van der Waals surface area contributed by atoms with Crippen LogP contribution in [0.4, 0.5) is 0 Å². The first-order chi connectivity index (χ1) is 9.71. The van der Waals surface area contributed by atoms with Crippen LogP contribution in [0.1, 0.15) is 91.9 Å². The summed E-state index contributed by atoms with van der Waals surface area (Å²) in [6.07, 6.45) is 11.1. The largest absolute Gasteiger partial charge is 0.462 e. The average molecular weight is 282 g/mol. The van der Waals surface area contributed by atoms with E-state index in [4.69, 9.17) is 4.74 Å². The van der Waals surface area contributed by atoms with Crippen molar-refractivity contribution in [2.45, 2.75) is 91.9 Å². The molecule has 0 amide bonds. The zero-order valence-corrected chi connectivity index (χ0v) is 14.1. The summed E-state index contributed by atoms with van der Waals surface area (Å²) in [5.41, 5.74) is 2.20. The lowest BCUT2D eigenvalue weighted by Gasteiger charge is -2.12. The van der Waals surface area contributed by atoms with Gasteiger partial charge in [-0.25, -0.2) is 4.79 Å². The molecule has 0 aliphatic carbocycles. The Morgan fingerprint density at radius 3 is 1.95 bits per heavy atom. The Bertz CT molecular complexity index is 273. The summed E-state index contributed by atoms with van der Waals surface area (Å²) in [4.78, 5) is 12.1. The molecule has 0 unspecified atom stereocenters. The maximum Gasteiger partial charge on any atom is 0.333 e. The number of esters is 1. The van der Waals surface area contributed by atoms with Crippen molar-refractivity contribution >= 4 is 5.97 Å². The number of allylic oxidation sites excluding steroid dienone is 1. The number of ether oxygens (including phenoxy) is 1. The van der Waals surface area contributed by atoms with Crippen molar-refractivity contribution < 1.29 is 9.53 Å². The Kier molecular flexibility index (Phi) is 12.7. The van der Waals surface area contributed by atoms with Crippen LogP contribution in [0, 0.1) is 0 Å². The van der Waals surface area contributed by atoms with Crippen LogP contribution < -0.4 is 0 Å². The molecule has 0 aliphatic rings. The second kappa shape index (κ2) is 13.2. The zero-order valence-electron chi connectivity index (χ0n) is 14.1. The topological polar surface area (TPSA) is 26.3 Å². The van der Waals surface area contributed by atoms with Gasteiger partial charge >= 0.3 is 5.97 Å². The van der Waals surface area contributed by atoms with Gasteiger partial charge in [-0.1, -0.05) is 71.8 Å². The van der Waals surface area contributed by atoms with Crippen molar-refractivity contribution in [1.29, 1.82) is 0 Å². The molecule has 0 atom stereocenters. The van der Waals surface area contributed by atoms with Crippen LogP contribution in [0.25, 0.3) is 0 Å². The standard InChI is InChI=1S/C18H34O2/c1-5-9-10-11-12-13-15-20-18(19)17(14-6-2)16(7-3)8-4/h5-15H2,1-4H3. The van der Waals surface area contributed by atoms with E-state index in [0.29, 0.717) is 6.61 Å². The zero-order chi connectivity index (χ0) is 15.2. The van der Waals surface area contributed by atoms with Crippen molar-refractivity contribution in [1.82, 2.24) is 0 Å². The van der Waals surface area contributed by atoms with Gasteiger partial charge < -0.3 is 4.74 Å². The molecule has 0 saturated carbocycles. The summed E-state index contributed by atoms with van der Waals surface area (Å²) >= 11 is 0. The first-order valence-electron chi connectivity index (χ1n) is 8.59. The van der Waals surface area contributed by atoms with E-state index in [-0.39, 0.29) is 5.97 Å². The van der Waals surface area contributed by atoms with Gasteiger partial charge in [0.2, 0.25) is 0 Å². The minimum absolute atomic E-state index is 0.0703. The van der Waals surface area contributed by atoms with Crippen LogP contribution in [-0.2, 0) is 9.53 Å². The molecule has 0 aromatic heterocycles. The van der Waals surface area contributed by atoms with Crippen LogP contribution in [0.15, 0.2) is 11.1 Å². The van der Waals surface area contributed by atoms with Crippen molar-refractivity contribution in [3.8, 4) is 0 Å². The Morgan fingerprint density at radius 1 is 0.800 bits per heavy atom. The smallest absolute Gasteiger partial charge is 0.333 e. The molecule has 2 heteroatoms. The number of rotatable bonds is 12. The fourth-order valence-corrected chi connectivity index (χ4v) is 2.48. The molecule has 0 aromatic rings. The minimum Gasteiger partial charge on any atom is -0.462 e. The van der Waals surface area contributed by atoms with Gasteiger partial charge in [-0.2, -0.15) is 0 Å². The number of hydrogen-bond acceptors (Lipinski definition) is 2. The Morgan fingerprint density at radius 2 is 1.40 bits per heavy atom. The van der Waals surface area contributed by atoms with E-state index in [0.717, 1.165) is 37.7 Å². The van der Waals surface area contributed by atoms with Gasteiger partial charge in [0, 0.05) is 5.57 Å². The molecule has 20 heavy (non-hydrogen) atoms. The minimum atomic E-state index is -0.0703. The second-order valence-electron chi connectivity index (χ2n) is 5.44. The molecule has 0 saturated heterocycles. The fourth-order valence-electron chi connectivity index (χ4n) is 2.48. The van der Waals surface area contributed by atoms with Crippen LogP contribution in [0.2, 0.25) is 0 Å². The quantitative estimate of drug-likeness (QED) is 0.256. The van der Waals surface area contributed by atoms with Crippen molar-refractivity contribution in [3.05, 3.63) is 11.1 Å². The number of hydrogen-bond donors (Lipinski definition) is 0. The molecule has 0 radical (unpaired) electrons. The third-order valence-electron chi connectivity index (χ3n) is 3.76. The van der Waals surface area contributed by atoms with E-state index in [1.807, 2.05) is 0 Å². The van der Waals surface area contributed by atoms with Gasteiger partial charge in [-0.3, -0.25) is 0 Å². The lowest BCUT2D eigenvalue weighted by Crippen LogP contribution is -2.11. The lowest BCUT2D eigenvalue weighted by atomic mass is 9.99. The summed E-state index contributed by atoms with van der Waals surface area (Å²) in [7, 11) is 0. The van der Waals surface area contributed by atoms with Gasteiger partial charge in [0.25, 0.3) is 0 Å². The Labute approximate surface area is 126 Å². The molecular formula is C18H34O2. The monoisotopic (exact) mass is 282 g/mol. The molecule has 0 aromatic carbocycles. The highest BCUT2D eigenvalue weighted by Crippen LogP contribution is 2.19. The molecule has 0 bridgehead atoms. The summed E-state index contributed by atoms with van der Waals surface area (Å²) < 4.78 is 5.45. The fraction of sp³-hybridized carbons (Fsp3) is 0.833. The molecular weight excluding hydrogens is 248 g/mol. The van der Waals surface area contributed by atoms with Gasteiger partial charge in [-0.05, 0) is 25.7 Å². The van der Waals surface area contributed by atoms with E-state index in [9.17, 15) is 4.79 Å². The van der Waals surface area contributed by atoms with E-state index >= 15 is 0 Å². The van der Waals surface area contributed by atoms with Gasteiger partial charge in [0.05, 0.1) is 6.61 Å². The van der Waals surface area contributed by atoms with Crippen LogP contribution in [0.3, 0.4) is 0 Å². The molecule has 0 fully saturated rings. The van der Waals surface area contributed by atoms with Gasteiger partial charge in [0.1, 0.15) is 0 Å². The molecule has 0 N–H and O–H groups in total. The van der Waals surface area contributed by atoms with Gasteiger partial charge in [0.15, 0.2) is 0 Å². The first kappa shape index (κ1) is 19.2. The predicted octanol–water partition coefficient (Wildman–Crippen LogP) is 5.81. The van der Waals surface area contributed by atoms with E-state index in [1.165, 1.54) is 37.7 Å². The molecule has 2 nitrogen and oxygen atoms in total. The Hall–Kier alpha value is -0.790. The highest BCUT2D eigenvalue weighted by atomic mass is 16.5. The number of unbranched alkanes of at least 4 members (excludes halogenated alkanes) is 5. The van der Waals surface area contributed by atoms with Crippen LogP contribution in [-0.4, -0.2) is 12.6 Å². The number of carbonyl (C=O) groups is 1. The highest BCUT2D eigenvalue weighted by Gasteiger charge is 2.14. The molecule has 118 valence electrons. The lowest BCUT2D eigenvalue weighted by molar-refractivity contribution is -0.139. The van der Waals surface area contributed by atoms with E-state index in [1.54, 1.807) is 0 Å². The number of carbonyl (C=O) groups excluding carboxylic acids is 1. The van der Waals surface area contributed by atoms with Crippen molar-refractivity contribution in [2.24, 2.45) is 0 Å². The summed E-state index contributed by atoms with van der Waals surface area (Å²) in [5.74, 6) is -0.0703. The maximum absolute atomic E-state index is 12.1. The van der Waals surface area contributed by atoms with E-state index in [2.05, 4.69) is 27.7 Å². The summed E-state index contributed by atoms with van der Waals surface area (Å²) in [6, 6.07) is 0. The Balaban J connectivity index is 4.06. The average Bonchev–Trinajstić information content (AvgIpc) is 2.46. The highest BCUT2D eigenvalue weighted by molar-refractivity contribution is 5.89. The third-order valence-corrected chi connectivity index (χ3v) is 3.76. The summed E-state index contributed by atoms with van der Waals surface area (Å²) in [6.45, 7) is 9.16. The van der Waals surface area contributed by atoms with Crippen molar-refractivity contribution in [3.63, 3.8) is 0 Å². The predicted molar refractivity (Wildman–Crippen MR) is 86.9 cm³/mol. The third kappa shape index (κ3) is 8.39. The normalized spacial score (nSPS) is 10.4.